The normalized spacial score (nSPS) is 11.3. The summed E-state index contributed by atoms with van der Waals surface area (Å²) in [5.74, 6) is 0.708. The molecule has 0 saturated carbocycles. The Morgan fingerprint density at radius 3 is 2.33 bits per heavy atom. The van der Waals surface area contributed by atoms with Crippen molar-refractivity contribution in [2.45, 2.75) is 0 Å². The highest BCUT2D eigenvalue weighted by atomic mass is 16.3. The lowest BCUT2D eigenvalue weighted by atomic mass is 10.2. The van der Waals surface area contributed by atoms with Gasteiger partial charge in [-0.3, -0.25) is 0 Å². The number of hydrogen-bond acceptors (Lipinski definition) is 2. The topological polar surface area (TPSA) is 39.2 Å². The van der Waals surface area contributed by atoms with Crippen LogP contribution >= 0.6 is 0 Å². The predicted molar refractivity (Wildman–Crippen MR) is 76.0 cm³/mol. The van der Waals surface area contributed by atoms with Gasteiger partial charge in [-0.05, 0) is 23.8 Å². The largest absolute Gasteiger partial charge is 0.454 e. The van der Waals surface area contributed by atoms with Gasteiger partial charge >= 0.3 is 0 Å². The summed E-state index contributed by atoms with van der Waals surface area (Å²) in [6, 6.07) is 17.9. The summed E-state index contributed by atoms with van der Waals surface area (Å²) in [7, 11) is 0. The molecule has 3 rings (SSSR count). The minimum atomic E-state index is 0.692. The van der Waals surface area contributed by atoms with Crippen LogP contribution in [0.1, 0.15) is 11.3 Å². The Morgan fingerprint density at radius 2 is 1.56 bits per heavy atom. The summed E-state index contributed by atoms with van der Waals surface area (Å²) >= 11 is 0. The van der Waals surface area contributed by atoms with Crippen LogP contribution in [-0.4, -0.2) is 0 Å². The molecular weight excluding hydrogens is 222 g/mol. The highest BCUT2D eigenvalue weighted by molar-refractivity contribution is 5.94. The second kappa shape index (κ2) is 4.41. The van der Waals surface area contributed by atoms with Gasteiger partial charge in [-0.1, -0.05) is 48.5 Å². The number of hydrogen-bond donors (Lipinski definition) is 1. The van der Waals surface area contributed by atoms with E-state index in [1.807, 2.05) is 66.7 Å². The van der Waals surface area contributed by atoms with Gasteiger partial charge in [0.1, 0.15) is 5.58 Å². The van der Waals surface area contributed by atoms with Crippen LogP contribution in [0.4, 0.5) is 5.69 Å². The standard InChI is InChI=1S/C16H13NO/c17-16-13-8-4-5-9-14(13)18-15(16)11-10-12-6-2-1-3-7-12/h1-11H,17H2. The minimum Gasteiger partial charge on any atom is -0.454 e. The average molecular weight is 235 g/mol. The van der Waals surface area contributed by atoms with Gasteiger partial charge in [0.05, 0.1) is 5.69 Å². The van der Waals surface area contributed by atoms with E-state index in [1.165, 1.54) is 0 Å². The van der Waals surface area contributed by atoms with E-state index in [-0.39, 0.29) is 0 Å². The molecule has 3 aromatic rings. The maximum atomic E-state index is 6.06. The van der Waals surface area contributed by atoms with Crippen LogP contribution in [0.2, 0.25) is 0 Å². The lowest BCUT2D eigenvalue weighted by Crippen LogP contribution is -1.83. The molecule has 0 radical (unpaired) electrons. The Bertz CT molecular complexity index is 695. The second-order valence-corrected chi connectivity index (χ2v) is 4.12. The maximum Gasteiger partial charge on any atom is 0.151 e. The van der Waals surface area contributed by atoms with Gasteiger partial charge in [-0.2, -0.15) is 0 Å². The fraction of sp³-hybridized carbons (Fsp3) is 0. The van der Waals surface area contributed by atoms with Gasteiger partial charge in [0.15, 0.2) is 5.76 Å². The molecule has 2 heteroatoms. The number of para-hydroxylation sites is 1. The van der Waals surface area contributed by atoms with Crippen molar-refractivity contribution in [1.29, 1.82) is 0 Å². The Hall–Kier alpha value is -2.48. The molecule has 2 N–H and O–H groups in total. The summed E-state index contributed by atoms with van der Waals surface area (Å²) in [4.78, 5) is 0. The fourth-order valence-electron chi connectivity index (χ4n) is 1.94. The zero-order valence-corrected chi connectivity index (χ0v) is 9.84. The molecule has 0 unspecified atom stereocenters. The first-order valence-corrected chi connectivity index (χ1v) is 5.85. The van der Waals surface area contributed by atoms with Crippen molar-refractivity contribution >= 4 is 28.8 Å². The summed E-state index contributed by atoms with van der Waals surface area (Å²) in [6.07, 6.45) is 3.90. The Morgan fingerprint density at radius 1 is 0.833 bits per heavy atom. The predicted octanol–water partition coefficient (Wildman–Crippen LogP) is 4.19. The molecule has 0 saturated heterocycles. The third-order valence-corrected chi connectivity index (χ3v) is 2.89. The van der Waals surface area contributed by atoms with Gasteiger partial charge < -0.3 is 10.2 Å². The van der Waals surface area contributed by atoms with E-state index in [0.29, 0.717) is 11.4 Å². The monoisotopic (exact) mass is 235 g/mol. The Labute approximate surface area is 105 Å². The Balaban J connectivity index is 2.00. The molecule has 0 amide bonds. The molecule has 0 fully saturated rings. The van der Waals surface area contributed by atoms with Gasteiger partial charge in [0.25, 0.3) is 0 Å². The van der Waals surface area contributed by atoms with Gasteiger partial charge in [0.2, 0.25) is 0 Å². The van der Waals surface area contributed by atoms with Crippen molar-refractivity contribution in [2.24, 2.45) is 0 Å². The molecule has 0 atom stereocenters. The molecule has 0 aliphatic carbocycles. The van der Waals surface area contributed by atoms with E-state index in [1.54, 1.807) is 0 Å². The van der Waals surface area contributed by atoms with E-state index in [4.69, 9.17) is 10.2 Å². The van der Waals surface area contributed by atoms with Crippen LogP contribution < -0.4 is 5.73 Å². The van der Waals surface area contributed by atoms with Crippen LogP contribution in [0, 0.1) is 0 Å². The summed E-state index contributed by atoms with van der Waals surface area (Å²) in [5, 5.41) is 0.963. The lowest BCUT2D eigenvalue weighted by molar-refractivity contribution is 0.606. The van der Waals surface area contributed by atoms with Crippen LogP contribution in [0.25, 0.3) is 23.1 Å². The van der Waals surface area contributed by atoms with Crippen molar-refractivity contribution in [3.05, 3.63) is 65.9 Å². The molecule has 1 aromatic heterocycles. The second-order valence-electron chi connectivity index (χ2n) is 4.12. The zero-order chi connectivity index (χ0) is 12.4. The van der Waals surface area contributed by atoms with Crippen LogP contribution in [0.3, 0.4) is 0 Å². The average Bonchev–Trinajstić information content (AvgIpc) is 2.75. The molecule has 0 aliphatic heterocycles. The first-order valence-electron chi connectivity index (χ1n) is 5.85. The van der Waals surface area contributed by atoms with Crippen LogP contribution in [-0.2, 0) is 0 Å². The number of fused-ring (bicyclic) bond motifs is 1. The summed E-state index contributed by atoms with van der Waals surface area (Å²) in [5.41, 5.74) is 8.70. The molecule has 18 heavy (non-hydrogen) atoms. The number of benzene rings is 2. The quantitative estimate of drug-likeness (QED) is 0.723. The lowest BCUT2D eigenvalue weighted by Gasteiger charge is -1.91. The van der Waals surface area contributed by atoms with Crippen molar-refractivity contribution in [3.8, 4) is 0 Å². The number of rotatable bonds is 2. The molecular formula is C16H13NO. The molecule has 2 aromatic carbocycles. The molecule has 2 nitrogen and oxygen atoms in total. The number of furan rings is 1. The van der Waals surface area contributed by atoms with E-state index in [0.717, 1.165) is 16.5 Å². The van der Waals surface area contributed by atoms with Crippen LogP contribution in [0.15, 0.2) is 59.0 Å². The Kier molecular flexibility index (Phi) is 2.61. The van der Waals surface area contributed by atoms with Crippen molar-refractivity contribution < 1.29 is 4.42 Å². The first-order chi connectivity index (χ1) is 8.84. The number of anilines is 1. The molecule has 0 spiro atoms. The van der Waals surface area contributed by atoms with Gasteiger partial charge in [-0.25, -0.2) is 0 Å². The van der Waals surface area contributed by atoms with Crippen molar-refractivity contribution in [1.82, 2.24) is 0 Å². The fourth-order valence-corrected chi connectivity index (χ4v) is 1.94. The maximum absolute atomic E-state index is 6.06. The number of nitrogens with two attached hydrogens (primary N) is 1. The third-order valence-electron chi connectivity index (χ3n) is 2.89. The zero-order valence-electron chi connectivity index (χ0n) is 9.84. The van der Waals surface area contributed by atoms with E-state index in [2.05, 4.69) is 0 Å². The minimum absolute atomic E-state index is 0.692. The molecule has 1 heterocycles. The molecule has 0 bridgehead atoms. The summed E-state index contributed by atoms with van der Waals surface area (Å²) in [6.45, 7) is 0. The molecule has 0 aliphatic rings. The van der Waals surface area contributed by atoms with Gasteiger partial charge in [-0.15, -0.1) is 0 Å². The van der Waals surface area contributed by atoms with Crippen LogP contribution in [0.5, 0.6) is 0 Å². The molecule has 88 valence electrons. The highest BCUT2D eigenvalue weighted by Gasteiger charge is 2.07. The van der Waals surface area contributed by atoms with E-state index in [9.17, 15) is 0 Å². The van der Waals surface area contributed by atoms with Crippen molar-refractivity contribution in [2.75, 3.05) is 5.73 Å². The SMILES string of the molecule is Nc1c(C=Cc2ccccc2)oc2ccccc12. The van der Waals surface area contributed by atoms with Gasteiger partial charge in [0, 0.05) is 5.39 Å². The smallest absolute Gasteiger partial charge is 0.151 e. The van der Waals surface area contributed by atoms with E-state index < -0.39 is 0 Å². The number of nitrogen functional groups attached to an aromatic ring is 1. The third kappa shape index (κ3) is 1.89. The van der Waals surface area contributed by atoms with Crippen molar-refractivity contribution in [3.63, 3.8) is 0 Å². The first kappa shape index (κ1) is 10.7. The summed E-state index contributed by atoms with van der Waals surface area (Å²) < 4.78 is 5.71. The highest BCUT2D eigenvalue weighted by Crippen LogP contribution is 2.29. The van der Waals surface area contributed by atoms with E-state index >= 15 is 0 Å².